The molecule has 0 aromatic heterocycles. The molecule has 0 aromatic rings. The minimum Gasteiger partial charge on any atom is -0.369 e. The quantitative estimate of drug-likeness (QED) is 0.779. The largest absolute Gasteiger partial charge is 0.369 e. The molecule has 1 amide bonds. The van der Waals surface area contributed by atoms with Gasteiger partial charge < -0.3 is 14.5 Å². The van der Waals surface area contributed by atoms with E-state index in [1.807, 2.05) is 0 Å². The number of fused-ring (bicyclic) bond motifs is 1. The third-order valence-electron chi connectivity index (χ3n) is 6.77. The fourth-order valence-electron chi connectivity index (χ4n) is 5.63. The summed E-state index contributed by atoms with van der Waals surface area (Å²) in [4.78, 5) is 19.7. The Morgan fingerprint density at radius 3 is 2.67 bits per heavy atom. The second-order valence-electron chi connectivity index (χ2n) is 8.76. The average Bonchev–Trinajstić information content (AvgIpc) is 3.12. The van der Waals surface area contributed by atoms with Crippen LogP contribution in [0.25, 0.3) is 0 Å². The number of carbonyl (C=O) groups excluding carboxylic acids is 1. The highest BCUT2D eigenvalue weighted by Gasteiger charge is 2.63. The molecule has 0 saturated carbocycles. The van der Waals surface area contributed by atoms with Crippen molar-refractivity contribution in [2.45, 2.75) is 50.2 Å². The van der Waals surface area contributed by atoms with E-state index in [0.29, 0.717) is 30.4 Å². The molecule has 0 radical (unpaired) electrons. The Balaban J connectivity index is 1.39. The molecule has 0 unspecified atom stereocenters. The van der Waals surface area contributed by atoms with Crippen molar-refractivity contribution < 1.29 is 9.53 Å². The predicted molar refractivity (Wildman–Crippen MR) is 93.9 cm³/mol. The molecule has 4 saturated heterocycles. The number of ether oxygens (including phenoxy) is 1. The van der Waals surface area contributed by atoms with Gasteiger partial charge in [-0.3, -0.25) is 9.69 Å². The Morgan fingerprint density at radius 1 is 1.21 bits per heavy atom. The van der Waals surface area contributed by atoms with Crippen LogP contribution in [0.3, 0.4) is 0 Å². The molecule has 0 aliphatic carbocycles. The van der Waals surface area contributed by atoms with Crippen molar-refractivity contribution in [3.05, 3.63) is 0 Å². The van der Waals surface area contributed by atoms with Crippen LogP contribution in [0, 0.1) is 11.8 Å². The number of carbonyl (C=O) groups is 1. The van der Waals surface area contributed by atoms with E-state index in [4.69, 9.17) is 4.74 Å². The van der Waals surface area contributed by atoms with E-state index in [9.17, 15) is 4.79 Å². The van der Waals surface area contributed by atoms with E-state index in [0.717, 1.165) is 39.1 Å². The molecule has 4 atom stereocenters. The monoisotopic (exact) mass is 335 g/mol. The lowest BCUT2D eigenvalue weighted by atomic mass is 9.73. The van der Waals surface area contributed by atoms with Crippen LogP contribution >= 0.6 is 0 Å². The van der Waals surface area contributed by atoms with Gasteiger partial charge in [0.1, 0.15) is 0 Å². The molecule has 136 valence electrons. The summed E-state index contributed by atoms with van der Waals surface area (Å²) in [7, 11) is 4.30. The Hall–Kier alpha value is -0.650. The van der Waals surface area contributed by atoms with Gasteiger partial charge in [-0.25, -0.2) is 0 Å². The van der Waals surface area contributed by atoms with Crippen LogP contribution in [0.5, 0.6) is 0 Å². The van der Waals surface area contributed by atoms with Crippen molar-refractivity contribution in [2.24, 2.45) is 11.8 Å². The zero-order valence-corrected chi connectivity index (χ0v) is 15.4. The maximum atomic E-state index is 12.9. The fourth-order valence-corrected chi connectivity index (χ4v) is 5.63. The van der Waals surface area contributed by atoms with Gasteiger partial charge in [0.15, 0.2) is 0 Å². The molecule has 5 heteroatoms. The van der Waals surface area contributed by atoms with Crippen molar-refractivity contribution >= 4 is 5.91 Å². The molecule has 5 nitrogen and oxygen atoms in total. The summed E-state index contributed by atoms with van der Waals surface area (Å²) < 4.78 is 6.45. The van der Waals surface area contributed by atoms with Gasteiger partial charge in [-0.2, -0.15) is 0 Å². The molecule has 0 aromatic carbocycles. The second kappa shape index (κ2) is 6.58. The van der Waals surface area contributed by atoms with Crippen molar-refractivity contribution in [3.63, 3.8) is 0 Å². The zero-order valence-electron chi connectivity index (χ0n) is 15.4. The Kier molecular flexibility index (Phi) is 4.61. The van der Waals surface area contributed by atoms with Crippen molar-refractivity contribution in [3.8, 4) is 0 Å². The summed E-state index contributed by atoms with van der Waals surface area (Å²) in [5.41, 5.74) is -0.0141. The smallest absolute Gasteiger partial charge is 0.236 e. The summed E-state index contributed by atoms with van der Waals surface area (Å²) in [6.45, 7) is 5.65. The molecule has 4 aliphatic rings. The number of amides is 1. The molecule has 4 fully saturated rings. The van der Waals surface area contributed by atoms with Gasteiger partial charge in [-0.1, -0.05) is 12.8 Å². The molecular weight excluding hydrogens is 302 g/mol. The lowest BCUT2D eigenvalue weighted by molar-refractivity contribution is -0.133. The van der Waals surface area contributed by atoms with E-state index in [1.165, 1.54) is 32.1 Å². The van der Waals surface area contributed by atoms with Gasteiger partial charge in [-0.15, -0.1) is 0 Å². The van der Waals surface area contributed by atoms with Crippen molar-refractivity contribution in [1.29, 1.82) is 0 Å². The molecule has 4 rings (SSSR count). The summed E-state index contributed by atoms with van der Waals surface area (Å²) >= 11 is 0. The minimum absolute atomic E-state index is 0.0141. The molecule has 24 heavy (non-hydrogen) atoms. The van der Waals surface area contributed by atoms with Gasteiger partial charge in [0.05, 0.1) is 24.8 Å². The summed E-state index contributed by atoms with van der Waals surface area (Å²) in [6.07, 6.45) is 7.90. The van der Waals surface area contributed by atoms with Crippen LogP contribution in [-0.2, 0) is 9.53 Å². The standard InChI is InChI=1S/C19H33N3O2/c1-20(2)11-15-16-12-22(14-19(16)8-7-17(15)24-19)18(23)13-21-9-5-3-4-6-10-21/h15-17H,3-14H2,1-2H3/t15-,16+,17+,19+/m0/s1. The van der Waals surface area contributed by atoms with Gasteiger partial charge in [0.2, 0.25) is 5.91 Å². The molecule has 4 aliphatic heterocycles. The Bertz CT molecular complexity index is 475. The maximum absolute atomic E-state index is 12.9. The van der Waals surface area contributed by atoms with E-state index in [-0.39, 0.29) is 5.60 Å². The summed E-state index contributed by atoms with van der Waals surface area (Å²) in [6, 6.07) is 0. The summed E-state index contributed by atoms with van der Waals surface area (Å²) in [5.74, 6) is 1.48. The first-order chi connectivity index (χ1) is 11.6. The fraction of sp³-hybridized carbons (Fsp3) is 0.947. The van der Waals surface area contributed by atoms with Crippen LogP contribution in [-0.4, -0.2) is 85.7 Å². The molecule has 1 spiro atoms. The number of likely N-dealkylation sites (tertiary alicyclic amines) is 2. The van der Waals surface area contributed by atoms with E-state index in [2.05, 4.69) is 28.8 Å². The van der Waals surface area contributed by atoms with E-state index < -0.39 is 0 Å². The SMILES string of the molecule is CN(C)C[C@H]1[C@H]2CN(C(=O)CN3CCCCCC3)C[C@]23CC[C@H]1O3. The first kappa shape index (κ1) is 16.8. The predicted octanol–water partition coefficient (Wildman–Crippen LogP) is 1.43. The Morgan fingerprint density at radius 2 is 1.96 bits per heavy atom. The first-order valence-corrected chi connectivity index (χ1v) is 9.90. The second-order valence-corrected chi connectivity index (χ2v) is 8.76. The van der Waals surface area contributed by atoms with E-state index >= 15 is 0 Å². The van der Waals surface area contributed by atoms with Crippen LogP contribution in [0.1, 0.15) is 38.5 Å². The number of nitrogens with zero attached hydrogens (tertiary/aromatic N) is 3. The van der Waals surface area contributed by atoms with E-state index in [1.54, 1.807) is 0 Å². The topological polar surface area (TPSA) is 36.0 Å². The number of hydrogen-bond donors (Lipinski definition) is 0. The molecule has 0 N–H and O–H groups in total. The van der Waals surface area contributed by atoms with Gasteiger partial charge in [-0.05, 0) is 52.9 Å². The van der Waals surface area contributed by atoms with Crippen molar-refractivity contribution in [2.75, 3.05) is 53.4 Å². The van der Waals surface area contributed by atoms with Crippen LogP contribution in [0.15, 0.2) is 0 Å². The lowest BCUT2D eigenvalue weighted by Crippen LogP contribution is -2.41. The molecular formula is C19H33N3O2. The number of hydrogen-bond acceptors (Lipinski definition) is 4. The Labute approximate surface area is 146 Å². The molecule has 2 bridgehead atoms. The van der Waals surface area contributed by atoms with Gasteiger partial charge in [0.25, 0.3) is 0 Å². The van der Waals surface area contributed by atoms with Crippen LogP contribution in [0.2, 0.25) is 0 Å². The van der Waals surface area contributed by atoms with Gasteiger partial charge in [0, 0.05) is 24.9 Å². The third-order valence-corrected chi connectivity index (χ3v) is 6.77. The highest BCUT2D eigenvalue weighted by Crippen LogP contribution is 2.54. The maximum Gasteiger partial charge on any atom is 0.236 e. The van der Waals surface area contributed by atoms with Crippen LogP contribution in [0.4, 0.5) is 0 Å². The zero-order chi connectivity index (χ0) is 16.7. The normalized spacial score (nSPS) is 39.5. The lowest BCUT2D eigenvalue weighted by Gasteiger charge is -2.30. The minimum atomic E-state index is -0.0141. The van der Waals surface area contributed by atoms with Crippen LogP contribution < -0.4 is 0 Å². The summed E-state index contributed by atoms with van der Waals surface area (Å²) in [5, 5.41) is 0. The van der Waals surface area contributed by atoms with Gasteiger partial charge >= 0.3 is 0 Å². The highest BCUT2D eigenvalue weighted by molar-refractivity contribution is 5.79. The third kappa shape index (κ3) is 2.99. The highest BCUT2D eigenvalue weighted by atomic mass is 16.5. The molecule has 4 heterocycles. The van der Waals surface area contributed by atoms with Crippen molar-refractivity contribution in [1.82, 2.24) is 14.7 Å². The average molecular weight is 335 g/mol. The first-order valence-electron chi connectivity index (χ1n) is 9.90. The number of rotatable bonds is 4.